The smallest absolute Gasteiger partial charge is 0.0949 e. The monoisotopic (exact) mass is 323 g/mol. The molecule has 0 spiro atoms. The van der Waals surface area contributed by atoms with Gasteiger partial charge in [-0.3, -0.25) is 14.3 Å². The molecular formula is C19H25N5. The average molecular weight is 323 g/mol. The third-order valence-corrected chi connectivity index (χ3v) is 4.12. The van der Waals surface area contributed by atoms with Crippen LogP contribution < -0.4 is 0 Å². The van der Waals surface area contributed by atoms with Crippen molar-refractivity contribution < 1.29 is 0 Å². The molecule has 0 saturated heterocycles. The lowest BCUT2D eigenvalue weighted by atomic mass is 10.2. The van der Waals surface area contributed by atoms with Gasteiger partial charge in [-0.2, -0.15) is 10.2 Å². The zero-order chi connectivity index (χ0) is 17.1. The molecule has 5 heteroatoms. The van der Waals surface area contributed by atoms with Gasteiger partial charge in [-0.25, -0.2) is 0 Å². The van der Waals surface area contributed by atoms with Crippen LogP contribution in [0, 0.1) is 27.7 Å². The maximum absolute atomic E-state index is 4.61. The lowest BCUT2D eigenvalue weighted by Gasteiger charge is -2.23. The summed E-state index contributed by atoms with van der Waals surface area (Å²) >= 11 is 0. The minimum atomic E-state index is 0.743. The Morgan fingerprint density at radius 2 is 1.29 bits per heavy atom. The third-order valence-electron chi connectivity index (χ3n) is 4.12. The van der Waals surface area contributed by atoms with Crippen molar-refractivity contribution in [3.63, 3.8) is 0 Å². The van der Waals surface area contributed by atoms with Gasteiger partial charge in [-0.1, -0.05) is 30.3 Å². The van der Waals surface area contributed by atoms with E-state index in [0.717, 1.165) is 31.3 Å². The quantitative estimate of drug-likeness (QED) is 0.697. The van der Waals surface area contributed by atoms with Crippen LogP contribution in [-0.2, 0) is 19.9 Å². The summed E-state index contributed by atoms with van der Waals surface area (Å²) in [6, 6.07) is 14.8. The highest BCUT2D eigenvalue weighted by Gasteiger charge is 2.12. The predicted octanol–water partition coefficient (Wildman–Crippen LogP) is 3.43. The molecule has 0 aliphatic rings. The van der Waals surface area contributed by atoms with Gasteiger partial charge in [0.1, 0.15) is 0 Å². The van der Waals surface area contributed by atoms with Crippen LogP contribution in [0.3, 0.4) is 0 Å². The van der Waals surface area contributed by atoms with Crippen LogP contribution in [0.25, 0.3) is 0 Å². The van der Waals surface area contributed by atoms with Crippen LogP contribution in [0.5, 0.6) is 0 Å². The molecule has 24 heavy (non-hydrogen) atoms. The lowest BCUT2D eigenvalue weighted by molar-refractivity contribution is 0.141. The van der Waals surface area contributed by atoms with Crippen LogP contribution >= 0.6 is 0 Å². The minimum Gasteiger partial charge on any atom is -0.260 e. The second kappa shape index (κ2) is 7.01. The van der Waals surface area contributed by atoms with E-state index < -0.39 is 0 Å². The summed E-state index contributed by atoms with van der Waals surface area (Å²) in [5.74, 6) is 0. The molecule has 3 aromatic rings. The number of aryl methyl sites for hydroxylation is 4. The van der Waals surface area contributed by atoms with Crippen molar-refractivity contribution in [1.82, 2.24) is 24.5 Å². The summed E-state index contributed by atoms with van der Waals surface area (Å²) in [6.07, 6.45) is 0. The summed E-state index contributed by atoms with van der Waals surface area (Å²) in [4.78, 5) is 2.36. The maximum Gasteiger partial charge on any atom is 0.0949 e. The van der Waals surface area contributed by atoms with E-state index in [9.17, 15) is 0 Å². The fourth-order valence-electron chi connectivity index (χ4n) is 3.00. The average Bonchev–Trinajstić information content (AvgIpc) is 3.01. The summed E-state index contributed by atoms with van der Waals surface area (Å²) in [5.41, 5.74) is 5.76. The zero-order valence-electron chi connectivity index (χ0n) is 14.9. The zero-order valence-corrected chi connectivity index (χ0v) is 14.9. The summed E-state index contributed by atoms with van der Waals surface area (Å²) < 4.78 is 4.12. The van der Waals surface area contributed by atoms with E-state index in [4.69, 9.17) is 0 Å². The van der Waals surface area contributed by atoms with Gasteiger partial charge in [-0.05, 0) is 45.4 Å². The molecule has 5 nitrogen and oxygen atoms in total. The molecule has 2 aromatic heterocycles. The Bertz CT molecular complexity index is 752. The summed E-state index contributed by atoms with van der Waals surface area (Å²) in [5, 5.41) is 9.21. The largest absolute Gasteiger partial charge is 0.260 e. The van der Waals surface area contributed by atoms with Crippen molar-refractivity contribution in [2.45, 2.75) is 47.6 Å². The predicted molar refractivity (Wildman–Crippen MR) is 95.4 cm³/mol. The van der Waals surface area contributed by atoms with Crippen LogP contribution in [0.15, 0.2) is 42.5 Å². The Morgan fingerprint density at radius 3 is 1.71 bits per heavy atom. The van der Waals surface area contributed by atoms with Crippen molar-refractivity contribution >= 4 is 0 Å². The first-order valence-electron chi connectivity index (χ1n) is 8.29. The van der Waals surface area contributed by atoms with Crippen molar-refractivity contribution in [2.75, 3.05) is 0 Å². The van der Waals surface area contributed by atoms with E-state index in [1.54, 1.807) is 0 Å². The molecule has 0 radical (unpaired) electrons. The number of benzene rings is 1. The van der Waals surface area contributed by atoms with Gasteiger partial charge in [0.25, 0.3) is 0 Å². The topological polar surface area (TPSA) is 38.9 Å². The normalized spacial score (nSPS) is 11.4. The van der Waals surface area contributed by atoms with E-state index in [-0.39, 0.29) is 0 Å². The minimum absolute atomic E-state index is 0.743. The molecule has 0 bridgehead atoms. The number of hydrogen-bond donors (Lipinski definition) is 0. The van der Waals surface area contributed by atoms with E-state index >= 15 is 0 Å². The molecule has 1 aromatic carbocycles. The molecule has 2 heterocycles. The molecule has 0 atom stereocenters. The van der Waals surface area contributed by atoms with E-state index in [0.29, 0.717) is 0 Å². The van der Waals surface area contributed by atoms with Crippen molar-refractivity contribution in [2.24, 2.45) is 0 Å². The van der Waals surface area contributed by atoms with Crippen molar-refractivity contribution in [3.8, 4) is 0 Å². The third kappa shape index (κ3) is 3.92. The Hall–Kier alpha value is -2.40. The van der Waals surface area contributed by atoms with Gasteiger partial charge < -0.3 is 0 Å². The first-order valence-corrected chi connectivity index (χ1v) is 8.29. The van der Waals surface area contributed by atoms with Crippen molar-refractivity contribution in [1.29, 1.82) is 0 Å². The number of rotatable bonds is 6. The Labute approximate surface area is 143 Å². The second-order valence-electron chi connectivity index (χ2n) is 6.45. The van der Waals surface area contributed by atoms with Gasteiger partial charge in [0.2, 0.25) is 0 Å². The first kappa shape index (κ1) is 16.5. The number of nitrogens with zero attached hydrogens (tertiary/aromatic N) is 5. The highest BCUT2D eigenvalue weighted by molar-refractivity contribution is 5.14. The van der Waals surface area contributed by atoms with E-state index in [1.165, 1.54) is 17.0 Å². The lowest BCUT2D eigenvalue weighted by Crippen LogP contribution is -2.30. The highest BCUT2D eigenvalue weighted by Crippen LogP contribution is 2.11. The molecule has 0 N–H and O–H groups in total. The van der Waals surface area contributed by atoms with Crippen LogP contribution in [0.4, 0.5) is 0 Å². The van der Waals surface area contributed by atoms with Gasteiger partial charge >= 0.3 is 0 Å². The SMILES string of the molecule is Cc1cc(C)n(CN(Cc2ccccc2)Cn2nc(C)cc2C)n1. The number of aromatic nitrogens is 4. The molecule has 0 fully saturated rings. The molecule has 0 aliphatic heterocycles. The molecular weight excluding hydrogens is 298 g/mol. The molecule has 0 saturated carbocycles. The molecule has 0 aliphatic carbocycles. The van der Waals surface area contributed by atoms with E-state index in [2.05, 4.69) is 80.8 Å². The Balaban J connectivity index is 1.82. The van der Waals surface area contributed by atoms with Crippen LogP contribution in [-0.4, -0.2) is 24.5 Å². The second-order valence-corrected chi connectivity index (χ2v) is 6.45. The fraction of sp³-hybridized carbons (Fsp3) is 0.368. The molecule has 3 rings (SSSR count). The van der Waals surface area contributed by atoms with Gasteiger partial charge in [0.05, 0.1) is 24.7 Å². The Kier molecular flexibility index (Phi) is 4.81. The van der Waals surface area contributed by atoms with Crippen LogP contribution in [0.1, 0.15) is 28.3 Å². The standard InChI is InChI=1S/C19H25N5/c1-15-10-17(3)23(20-15)13-22(12-19-8-6-5-7-9-19)14-24-18(4)11-16(2)21-24/h5-11H,12-14H2,1-4H3. The highest BCUT2D eigenvalue weighted by atomic mass is 15.4. The maximum atomic E-state index is 4.61. The molecule has 0 unspecified atom stereocenters. The summed E-state index contributed by atoms with van der Waals surface area (Å²) in [7, 11) is 0. The van der Waals surface area contributed by atoms with Gasteiger partial charge in [-0.15, -0.1) is 0 Å². The molecule has 0 amide bonds. The molecule has 126 valence electrons. The van der Waals surface area contributed by atoms with Gasteiger partial charge in [0, 0.05) is 17.9 Å². The van der Waals surface area contributed by atoms with Gasteiger partial charge in [0.15, 0.2) is 0 Å². The summed E-state index contributed by atoms with van der Waals surface area (Å²) in [6.45, 7) is 10.6. The Morgan fingerprint density at radius 1 is 0.792 bits per heavy atom. The number of hydrogen-bond acceptors (Lipinski definition) is 3. The van der Waals surface area contributed by atoms with Crippen LogP contribution in [0.2, 0.25) is 0 Å². The van der Waals surface area contributed by atoms with Crippen molar-refractivity contribution in [3.05, 3.63) is 70.8 Å². The fourth-order valence-corrected chi connectivity index (χ4v) is 3.00. The van der Waals surface area contributed by atoms with E-state index in [1.807, 2.05) is 13.8 Å². The first-order chi connectivity index (χ1) is 11.5.